The Morgan fingerprint density at radius 2 is 1.65 bits per heavy atom. The first-order chi connectivity index (χ1) is 16.5. The third-order valence-corrected chi connectivity index (χ3v) is 7.45. The Kier molecular flexibility index (Phi) is 7.36. The highest BCUT2D eigenvalue weighted by atomic mass is 32.2. The van der Waals surface area contributed by atoms with E-state index in [1.165, 1.54) is 24.4 Å². The monoisotopic (exact) mass is 491 g/mol. The maximum Gasteiger partial charge on any atom is 0.273 e. The minimum Gasteiger partial charge on any atom is -0.489 e. The molecule has 0 saturated heterocycles. The van der Waals surface area contributed by atoms with E-state index < -0.39 is 15.9 Å². The van der Waals surface area contributed by atoms with Crippen molar-refractivity contribution in [2.24, 2.45) is 5.10 Å². The lowest BCUT2D eigenvalue weighted by Crippen LogP contribution is -2.21. The van der Waals surface area contributed by atoms with Crippen molar-refractivity contribution in [3.8, 4) is 5.75 Å². The van der Waals surface area contributed by atoms with Gasteiger partial charge < -0.3 is 4.74 Å². The predicted octanol–water partition coefficient (Wildman–Crippen LogP) is 4.89. The van der Waals surface area contributed by atoms with E-state index >= 15 is 0 Å². The molecule has 7 nitrogen and oxygen atoms in total. The van der Waals surface area contributed by atoms with Gasteiger partial charge in [-0.15, -0.1) is 11.3 Å². The molecule has 0 unspecified atom stereocenters. The fourth-order valence-corrected chi connectivity index (χ4v) is 5.07. The highest BCUT2D eigenvalue weighted by Crippen LogP contribution is 2.23. The Balaban J connectivity index is 1.36. The molecule has 1 heterocycles. The van der Waals surface area contributed by atoms with Crippen LogP contribution >= 0.6 is 11.3 Å². The van der Waals surface area contributed by atoms with Gasteiger partial charge in [-0.25, -0.2) is 13.8 Å². The lowest BCUT2D eigenvalue weighted by atomic mass is 10.2. The number of nitrogens with zero attached hydrogens (tertiary/aromatic N) is 1. The van der Waals surface area contributed by atoms with Gasteiger partial charge in [0.2, 0.25) is 0 Å². The molecule has 0 aliphatic rings. The van der Waals surface area contributed by atoms with Crippen LogP contribution in [0.25, 0.3) is 0 Å². The number of carbonyl (C=O) groups excluding carboxylic acids is 1. The van der Waals surface area contributed by atoms with Gasteiger partial charge in [-0.05, 0) is 59.0 Å². The van der Waals surface area contributed by atoms with E-state index in [0.717, 1.165) is 28.2 Å². The van der Waals surface area contributed by atoms with Gasteiger partial charge in [0.15, 0.2) is 0 Å². The number of anilines is 1. The number of hydrogen-bond acceptors (Lipinski definition) is 6. The highest BCUT2D eigenvalue weighted by molar-refractivity contribution is 7.94. The molecule has 9 heteroatoms. The number of carbonyl (C=O) groups is 1. The number of nitrogens with one attached hydrogen (secondary N) is 2. The molecule has 0 saturated carbocycles. The number of thiophene rings is 1. The van der Waals surface area contributed by atoms with Crippen LogP contribution in [0.1, 0.15) is 21.5 Å². The number of para-hydroxylation sites is 1. The zero-order valence-electron chi connectivity index (χ0n) is 17.9. The zero-order valence-corrected chi connectivity index (χ0v) is 19.6. The van der Waals surface area contributed by atoms with Crippen LogP contribution in [0.3, 0.4) is 0 Å². The Morgan fingerprint density at radius 3 is 2.38 bits per heavy atom. The summed E-state index contributed by atoms with van der Waals surface area (Å²) in [7, 11) is -3.78. The summed E-state index contributed by atoms with van der Waals surface area (Å²) < 4.78 is 33.4. The molecule has 0 radical (unpaired) electrons. The standard InChI is InChI=1S/C25H21N3O4S2/c29-25(22-9-4-5-10-23(22)28-34(30,31)24-11-6-16-33-24)27-26-17-19-12-14-21(15-13-19)32-18-20-7-2-1-3-8-20/h1-17,28H,18H2,(H,27,29)/b26-17+. The van der Waals surface area contributed by atoms with E-state index in [1.54, 1.807) is 23.6 Å². The summed E-state index contributed by atoms with van der Waals surface area (Å²) in [5.41, 5.74) is 4.60. The molecule has 0 aliphatic heterocycles. The first kappa shape index (κ1) is 23.2. The van der Waals surface area contributed by atoms with Crippen LogP contribution in [0.5, 0.6) is 5.75 Å². The summed E-state index contributed by atoms with van der Waals surface area (Å²) in [6.45, 7) is 0.472. The average Bonchev–Trinajstić information content (AvgIpc) is 3.41. The maximum atomic E-state index is 12.6. The summed E-state index contributed by atoms with van der Waals surface area (Å²) >= 11 is 1.09. The molecule has 34 heavy (non-hydrogen) atoms. The van der Waals surface area contributed by atoms with Crippen molar-refractivity contribution in [1.29, 1.82) is 0 Å². The number of amides is 1. The third-order valence-electron chi connectivity index (χ3n) is 4.68. The number of ether oxygens (including phenoxy) is 1. The highest BCUT2D eigenvalue weighted by Gasteiger charge is 2.19. The van der Waals surface area contributed by atoms with E-state index in [0.29, 0.717) is 6.61 Å². The lowest BCUT2D eigenvalue weighted by Gasteiger charge is -2.10. The van der Waals surface area contributed by atoms with Gasteiger partial charge in [0.1, 0.15) is 16.6 Å². The van der Waals surface area contributed by atoms with Crippen LogP contribution in [0.4, 0.5) is 5.69 Å². The topological polar surface area (TPSA) is 96.9 Å². The molecule has 3 aromatic carbocycles. The molecule has 1 aromatic heterocycles. The van der Waals surface area contributed by atoms with Crippen LogP contribution in [0.2, 0.25) is 0 Å². The molecular weight excluding hydrogens is 470 g/mol. The summed E-state index contributed by atoms with van der Waals surface area (Å²) in [4.78, 5) is 12.6. The van der Waals surface area contributed by atoms with Gasteiger partial charge in [0.25, 0.3) is 15.9 Å². The van der Waals surface area contributed by atoms with Gasteiger partial charge in [0, 0.05) is 0 Å². The van der Waals surface area contributed by atoms with E-state index in [9.17, 15) is 13.2 Å². The van der Waals surface area contributed by atoms with Gasteiger partial charge in [0.05, 0.1) is 17.5 Å². The molecule has 2 N–H and O–H groups in total. The largest absolute Gasteiger partial charge is 0.489 e. The maximum absolute atomic E-state index is 12.6. The number of benzene rings is 3. The second-order valence-electron chi connectivity index (χ2n) is 7.13. The Labute approximate surface area is 201 Å². The van der Waals surface area contributed by atoms with Crippen LogP contribution in [-0.2, 0) is 16.6 Å². The predicted molar refractivity (Wildman–Crippen MR) is 134 cm³/mol. The molecule has 0 spiro atoms. The minimum atomic E-state index is -3.78. The van der Waals surface area contributed by atoms with Gasteiger partial charge in [-0.3, -0.25) is 9.52 Å². The van der Waals surface area contributed by atoms with Gasteiger partial charge >= 0.3 is 0 Å². The fourth-order valence-electron chi connectivity index (χ4n) is 3.00. The smallest absolute Gasteiger partial charge is 0.273 e. The van der Waals surface area contributed by atoms with E-state index in [2.05, 4.69) is 15.2 Å². The Bertz CT molecular complexity index is 1370. The number of sulfonamides is 1. The van der Waals surface area contributed by atoms with Crippen molar-refractivity contribution in [1.82, 2.24) is 5.43 Å². The van der Waals surface area contributed by atoms with E-state index in [1.807, 2.05) is 54.6 Å². The Hall–Kier alpha value is -3.95. The lowest BCUT2D eigenvalue weighted by molar-refractivity contribution is 0.0956. The summed E-state index contributed by atoms with van der Waals surface area (Å²) in [5.74, 6) is 0.181. The van der Waals surface area contributed by atoms with Gasteiger partial charge in [-0.1, -0.05) is 48.5 Å². The quantitative estimate of drug-likeness (QED) is 0.257. The number of rotatable bonds is 9. The molecule has 0 aliphatic carbocycles. The second-order valence-corrected chi connectivity index (χ2v) is 9.98. The zero-order chi connectivity index (χ0) is 23.8. The summed E-state index contributed by atoms with van der Waals surface area (Å²) in [6.07, 6.45) is 1.50. The molecule has 172 valence electrons. The van der Waals surface area contributed by atoms with E-state index in [-0.39, 0.29) is 15.5 Å². The van der Waals surface area contributed by atoms with Crippen molar-refractivity contribution in [3.63, 3.8) is 0 Å². The average molecular weight is 492 g/mol. The first-order valence-corrected chi connectivity index (χ1v) is 12.6. The number of hydrazone groups is 1. The fraction of sp³-hybridized carbons (Fsp3) is 0.0400. The van der Waals surface area contributed by atoms with Crippen molar-refractivity contribution in [2.75, 3.05) is 4.72 Å². The van der Waals surface area contributed by atoms with Crippen molar-refractivity contribution >= 4 is 39.2 Å². The summed E-state index contributed by atoms with van der Waals surface area (Å²) in [5, 5.41) is 5.66. The molecule has 0 fully saturated rings. The van der Waals surface area contributed by atoms with Crippen LogP contribution in [0.15, 0.2) is 106 Å². The third kappa shape index (κ3) is 6.09. The van der Waals surface area contributed by atoms with Crippen LogP contribution in [-0.4, -0.2) is 20.5 Å². The van der Waals surface area contributed by atoms with E-state index in [4.69, 9.17) is 4.74 Å². The van der Waals surface area contributed by atoms with Crippen LogP contribution in [0, 0.1) is 0 Å². The molecule has 1 amide bonds. The normalized spacial score (nSPS) is 11.3. The molecule has 4 aromatic rings. The van der Waals surface area contributed by atoms with Gasteiger partial charge in [-0.2, -0.15) is 5.10 Å². The molecule has 4 rings (SSSR count). The van der Waals surface area contributed by atoms with Crippen LogP contribution < -0.4 is 14.9 Å². The summed E-state index contributed by atoms with van der Waals surface area (Å²) in [6, 6.07) is 26.6. The van der Waals surface area contributed by atoms with Crippen molar-refractivity contribution in [3.05, 3.63) is 113 Å². The Morgan fingerprint density at radius 1 is 0.912 bits per heavy atom. The van der Waals surface area contributed by atoms with Crippen molar-refractivity contribution < 1.29 is 17.9 Å². The molecule has 0 atom stereocenters. The second kappa shape index (κ2) is 10.8. The molecular formula is C25H21N3O4S2. The number of hydrogen-bond donors (Lipinski definition) is 2. The minimum absolute atomic E-state index is 0.157. The van der Waals surface area contributed by atoms with Crippen molar-refractivity contribution in [2.45, 2.75) is 10.8 Å². The SMILES string of the molecule is O=C(N/N=C/c1ccc(OCc2ccccc2)cc1)c1ccccc1NS(=O)(=O)c1cccs1. The first-order valence-electron chi connectivity index (χ1n) is 10.3. The molecule has 0 bridgehead atoms.